The van der Waals surface area contributed by atoms with E-state index >= 15 is 0 Å². The highest BCUT2D eigenvalue weighted by Crippen LogP contribution is 2.35. The summed E-state index contributed by atoms with van der Waals surface area (Å²) in [4.78, 5) is 0. The average Bonchev–Trinajstić information content (AvgIpc) is 2.46. The lowest BCUT2D eigenvalue weighted by molar-refractivity contribution is 0.401. The first kappa shape index (κ1) is 16.5. The number of hydrogen-bond acceptors (Lipinski definition) is 2. The first-order valence-corrected chi connectivity index (χ1v) is 8.02. The van der Waals surface area contributed by atoms with Crippen LogP contribution in [0.3, 0.4) is 0 Å². The zero-order chi connectivity index (χ0) is 15.6. The first-order valence-electron chi connectivity index (χ1n) is 6.44. The topological polar surface area (TPSA) is 21.3 Å². The normalized spacial score (nSPS) is 12.3. The molecule has 1 atom stereocenters. The van der Waals surface area contributed by atoms with Crippen LogP contribution in [0.25, 0.3) is 0 Å². The maximum absolute atomic E-state index is 13.7. The first-order chi connectivity index (χ1) is 9.97. The summed E-state index contributed by atoms with van der Waals surface area (Å²) in [5.41, 5.74) is 3.12. The fourth-order valence-corrected chi connectivity index (χ4v) is 2.99. The molecule has 2 aromatic carbocycles. The summed E-state index contributed by atoms with van der Waals surface area (Å²) < 4.78 is 20.5. The van der Waals surface area contributed by atoms with Crippen molar-refractivity contribution in [3.05, 3.63) is 61.8 Å². The second-order valence-electron chi connectivity index (χ2n) is 4.74. The van der Waals surface area contributed by atoms with Crippen molar-refractivity contribution >= 4 is 31.9 Å². The molecule has 0 aliphatic heterocycles. The molecule has 0 amide bonds. The van der Waals surface area contributed by atoms with Crippen LogP contribution in [0.4, 0.5) is 4.39 Å². The van der Waals surface area contributed by atoms with Crippen LogP contribution in [-0.4, -0.2) is 14.2 Å². The number of nitrogens with one attached hydrogen (secondary N) is 1. The van der Waals surface area contributed by atoms with Crippen molar-refractivity contribution in [2.45, 2.75) is 13.0 Å². The summed E-state index contributed by atoms with van der Waals surface area (Å²) in [6.45, 7) is 2.04. The third-order valence-electron chi connectivity index (χ3n) is 3.40. The van der Waals surface area contributed by atoms with Gasteiger partial charge in [-0.25, -0.2) is 4.39 Å². The highest BCUT2D eigenvalue weighted by atomic mass is 79.9. The molecular formula is C16H16Br2FNO. The van der Waals surface area contributed by atoms with Gasteiger partial charge >= 0.3 is 0 Å². The van der Waals surface area contributed by atoms with E-state index in [0.29, 0.717) is 10.2 Å². The lowest BCUT2D eigenvalue weighted by atomic mass is 9.97. The van der Waals surface area contributed by atoms with E-state index in [9.17, 15) is 4.39 Å². The molecule has 2 nitrogen and oxygen atoms in total. The Labute approximate surface area is 141 Å². The zero-order valence-electron chi connectivity index (χ0n) is 12.0. The van der Waals surface area contributed by atoms with Crippen LogP contribution in [0.1, 0.15) is 22.7 Å². The van der Waals surface area contributed by atoms with Crippen molar-refractivity contribution in [1.82, 2.24) is 5.32 Å². The number of halogens is 3. The van der Waals surface area contributed by atoms with Gasteiger partial charge in [-0.3, -0.25) is 0 Å². The molecule has 2 rings (SSSR count). The van der Waals surface area contributed by atoms with Crippen molar-refractivity contribution in [3.8, 4) is 5.75 Å². The van der Waals surface area contributed by atoms with Gasteiger partial charge in [0.1, 0.15) is 11.6 Å². The summed E-state index contributed by atoms with van der Waals surface area (Å²) >= 11 is 6.79. The standard InChI is InChI=1S/C16H16Br2FNO/c1-9-4-5-10(6-12(9)17)16(20-2)11-7-13(18)14(19)8-15(11)21-3/h4-8,16,20H,1-3H3. The second kappa shape index (κ2) is 6.90. The van der Waals surface area contributed by atoms with Gasteiger partial charge in [-0.05, 0) is 53.2 Å². The van der Waals surface area contributed by atoms with E-state index in [2.05, 4.69) is 55.4 Å². The van der Waals surface area contributed by atoms with E-state index in [1.165, 1.54) is 11.6 Å². The fourth-order valence-electron chi connectivity index (χ4n) is 2.24. The number of methoxy groups -OCH3 is 1. The fraction of sp³-hybridized carbons (Fsp3) is 0.250. The van der Waals surface area contributed by atoms with Crippen LogP contribution in [-0.2, 0) is 0 Å². The molecule has 0 aliphatic carbocycles. The van der Waals surface area contributed by atoms with E-state index in [1.54, 1.807) is 13.2 Å². The van der Waals surface area contributed by atoms with E-state index in [1.807, 2.05) is 14.0 Å². The summed E-state index contributed by atoms with van der Waals surface area (Å²) in [6.07, 6.45) is 0. The quantitative estimate of drug-likeness (QED) is 0.759. The highest BCUT2D eigenvalue weighted by Gasteiger charge is 2.19. The number of benzene rings is 2. The van der Waals surface area contributed by atoms with Gasteiger partial charge in [-0.15, -0.1) is 0 Å². The van der Waals surface area contributed by atoms with Crippen LogP contribution < -0.4 is 10.1 Å². The smallest absolute Gasteiger partial charge is 0.141 e. The van der Waals surface area contributed by atoms with Crippen LogP contribution in [0.5, 0.6) is 5.75 Å². The molecule has 0 saturated carbocycles. The molecule has 0 aromatic heterocycles. The highest BCUT2D eigenvalue weighted by molar-refractivity contribution is 9.10. The van der Waals surface area contributed by atoms with Crippen molar-refractivity contribution in [1.29, 1.82) is 0 Å². The number of rotatable bonds is 4. The van der Waals surface area contributed by atoms with Crippen LogP contribution in [0, 0.1) is 12.7 Å². The van der Waals surface area contributed by atoms with Gasteiger partial charge < -0.3 is 10.1 Å². The van der Waals surface area contributed by atoms with Crippen molar-refractivity contribution in [2.75, 3.05) is 14.2 Å². The molecule has 0 aliphatic rings. The number of ether oxygens (including phenoxy) is 1. The van der Waals surface area contributed by atoms with Gasteiger partial charge in [0, 0.05) is 16.1 Å². The Bertz CT molecular complexity index is 661. The van der Waals surface area contributed by atoms with E-state index in [4.69, 9.17) is 4.74 Å². The van der Waals surface area contributed by atoms with Gasteiger partial charge in [0.2, 0.25) is 0 Å². The molecule has 2 aromatic rings. The molecule has 1 N–H and O–H groups in total. The average molecular weight is 417 g/mol. The molecule has 0 bridgehead atoms. The summed E-state index contributed by atoms with van der Waals surface area (Å²) in [7, 11) is 3.42. The zero-order valence-corrected chi connectivity index (χ0v) is 15.2. The monoisotopic (exact) mass is 415 g/mol. The maximum atomic E-state index is 13.7. The van der Waals surface area contributed by atoms with Gasteiger partial charge in [-0.1, -0.05) is 28.1 Å². The minimum Gasteiger partial charge on any atom is -0.496 e. The Balaban J connectivity index is 2.55. The van der Waals surface area contributed by atoms with Crippen LogP contribution in [0.2, 0.25) is 0 Å². The summed E-state index contributed by atoms with van der Waals surface area (Å²) in [5.74, 6) is 0.183. The van der Waals surface area contributed by atoms with E-state index < -0.39 is 0 Å². The molecule has 112 valence electrons. The van der Waals surface area contributed by atoms with E-state index in [0.717, 1.165) is 15.6 Å². The molecule has 1 unspecified atom stereocenters. The minimum atomic E-state index is -0.337. The van der Waals surface area contributed by atoms with E-state index in [-0.39, 0.29) is 11.9 Å². The Kier molecular flexibility index (Phi) is 5.41. The van der Waals surface area contributed by atoms with Crippen molar-refractivity contribution < 1.29 is 9.13 Å². The molecule has 0 radical (unpaired) electrons. The third-order valence-corrected chi connectivity index (χ3v) is 4.86. The lowest BCUT2D eigenvalue weighted by Gasteiger charge is -2.21. The Hall–Kier alpha value is -0.910. The summed E-state index contributed by atoms with van der Waals surface area (Å²) in [6, 6.07) is 9.23. The molecular weight excluding hydrogens is 401 g/mol. The molecule has 0 fully saturated rings. The minimum absolute atomic E-state index is 0.0891. The van der Waals surface area contributed by atoms with Gasteiger partial charge in [0.15, 0.2) is 0 Å². The van der Waals surface area contributed by atoms with Gasteiger partial charge in [0.25, 0.3) is 0 Å². The molecule has 21 heavy (non-hydrogen) atoms. The predicted octanol–water partition coefficient (Wildman–Crippen LogP) is 4.98. The maximum Gasteiger partial charge on any atom is 0.141 e. The third kappa shape index (κ3) is 3.47. The SMILES string of the molecule is CNC(c1ccc(C)c(Br)c1)c1cc(Br)c(F)cc1OC. The van der Waals surface area contributed by atoms with Crippen LogP contribution >= 0.6 is 31.9 Å². The summed E-state index contributed by atoms with van der Waals surface area (Å²) in [5, 5.41) is 3.26. The number of aryl methyl sites for hydroxylation is 1. The Morgan fingerprint density at radius 3 is 2.43 bits per heavy atom. The second-order valence-corrected chi connectivity index (χ2v) is 6.45. The molecule has 0 saturated heterocycles. The lowest BCUT2D eigenvalue weighted by Crippen LogP contribution is -2.18. The molecule has 0 spiro atoms. The van der Waals surface area contributed by atoms with Crippen LogP contribution in [0.15, 0.2) is 39.3 Å². The van der Waals surface area contributed by atoms with Gasteiger partial charge in [-0.2, -0.15) is 0 Å². The molecule has 5 heteroatoms. The van der Waals surface area contributed by atoms with Gasteiger partial charge in [0.05, 0.1) is 17.6 Å². The Morgan fingerprint density at radius 2 is 1.86 bits per heavy atom. The largest absolute Gasteiger partial charge is 0.496 e. The predicted molar refractivity (Wildman–Crippen MR) is 90.4 cm³/mol. The van der Waals surface area contributed by atoms with Crippen molar-refractivity contribution in [3.63, 3.8) is 0 Å². The molecule has 0 heterocycles. The van der Waals surface area contributed by atoms with Crippen molar-refractivity contribution in [2.24, 2.45) is 0 Å². The Morgan fingerprint density at radius 1 is 1.14 bits per heavy atom. The number of hydrogen-bond donors (Lipinski definition) is 1.